The summed E-state index contributed by atoms with van der Waals surface area (Å²) in [7, 11) is 0. The average Bonchev–Trinajstić information content (AvgIpc) is 3.29. The fourth-order valence-electron chi connectivity index (χ4n) is 3.01. The second kappa shape index (κ2) is 7.87. The fourth-order valence-corrected chi connectivity index (χ4v) is 3.01. The van der Waals surface area contributed by atoms with Crippen LogP contribution in [0.5, 0.6) is 0 Å². The Morgan fingerprint density at radius 3 is 3.00 bits per heavy atom. The number of carbonyl (C=O) groups excluding carboxylic acids is 2. The van der Waals surface area contributed by atoms with Gasteiger partial charge in [0.15, 0.2) is 5.82 Å². The van der Waals surface area contributed by atoms with E-state index in [1.807, 2.05) is 15.7 Å². The van der Waals surface area contributed by atoms with Crippen molar-refractivity contribution in [3.05, 3.63) is 42.5 Å². The number of carbonyl (C=O) groups is 2. The van der Waals surface area contributed by atoms with Crippen LogP contribution in [-0.4, -0.2) is 42.8 Å². The van der Waals surface area contributed by atoms with Crippen LogP contribution in [0.2, 0.25) is 0 Å². The highest BCUT2D eigenvalue weighted by Gasteiger charge is 2.31. The Bertz CT molecular complexity index is 730. The number of imidazole rings is 1. The van der Waals surface area contributed by atoms with Crippen LogP contribution in [0.3, 0.4) is 0 Å². The molecule has 2 aromatic rings. The third-order valence-electron chi connectivity index (χ3n) is 4.26. The number of rotatable bonds is 6. The molecule has 0 radical (unpaired) electrons. The number of aromatic nitrogens is 4. The van der Waals surface area contributed by atoms with Gasteiger partial charge in [0.25, 0.3) is 0 Å². The summed E-state index contributed by atoms with van der Waals surface area (Å²) in [5.74, 6) is 0.653. The van der Waals surface area contributed by atoms with E-state index in [2.05, 4.69) is 20.3 Å². The zero-order valence-electron chi connectivity index (χ0n) is 14.3. The van der Waals surface area contributed by atoms with Crippen LogP contribution in [0.4, 0.5) is 0 Å². The molecule has 2 amide bonds. The van der Waals surface area contributed by atoms with Crippen LogP contribution < -0.4 is 5.32 Å². The van der Waals surface area contributed by atoms with E-state index in [-0.39, 0.29) is 17.9 Å². The molecule has 1 fully saturated rings. The molecule has 1 N–H and O–H groups in total. The highest BCUT2D eigenvalue weighted by Crippen LogP contribution is 2.30. The van der Waals surface area contributed by atoms with E-state index in [0.29, 0.717) is 25.3 Å². The minimum absolute atomic E-state index is 0.0902. The SMILES string of the molecule is CC(=O)NCc1ccnc([C@@H]2CCCN2C(=O)CCn2ccnc2)n1. The number of hydrogen-bond donors (Lipinski definition) is 1. The Morgan fingerprint density at radius 1 is 1.36 bits per heavy atom. The minimum atomic E-state index is -0.0997. The molecule has 2 aromatic heterocycles. The maximum absolute atomic E-state index is 12.6. The normalized spacial score (nSPS) is 16.8. The molecule has 1 saturated heterocycles. The predicted molar refractivity (Wildman–Crippen MR) is 90.1 cm³/mol. The van der Waals surface area contributed by atoms with Gasteiger partial charge >= 0.3 is 0 Å². The summed E-state index contributed by atoms with van der Waals surface area (Å²) in [5.41, 5.74) is 0.748. The average molecular weight is 342 g/mol. The first-order valence-corrected chi connectivity index (χ1v) is 8.45. The number of nitrogens with one attached hydrogen (secondary N) is 1. The zero-order valence-corrected chi connectivity index (χ0v) is 14.3. The number of amides is 2. The second-order valence-electron chi connectivity index (χ2n) is 6.11. The first-order valence-electron chi connectivity index (χ1n) is 8.45. The molecule has 3 heterocycles. The fraction of sp³-hybridized carbons (Fsp3) is 0.471. The van der Waals surface area contributed by atoms with Gasteiger partial charge in [-0.25, -0.2) is 15.0 Å². The topological polar surface area (TPSA) is 93.0 Å². The van der Waals surface area contributed by atoms with E-state index in [1.165, 1.54) is 6.92 Å². The quantitative estimate of drug-likeness (QED) is 0.847. The van der Waals surface area contributed by atoms with Crippen LogP contribution in [0.15, 0.2) is 31.0 Å². The van der Waals surface area contributed by atoms with Gasteiger partial charge in [0.2, 0.25) is 11.8 Å². The molecular formula is C17H22N6O2. The molecule has 1 aliphatic heterocycles. The van der Waals surface area contributed by atoms with Crippen molar-refractivity contribution < 1.29 is 9.59 Å². The maximum Gasteiger partial charge on any atom is 0.224 e. The van der Waals surface area contributed by atoms with E-state index in [0.717, 1.165) is 25.1 Å². The number of likely N-dealkylation sites (tertiary alicyclic amines) is 1. The first-order chi connectivity index (χ1) is 12.1. The van der Waals surface area contributed by atoms with Crippen molar-refractivity contribution in [3.8, 4) is 0 Å². The molecular weight excluding hydrogens is 320 g/mol. The Labute approximate surface area is 146 Å². The van der Waals surface area contributed by atoms with Crippen molar-refractivity contribution in [2.45, 2.75) is 45.3 Å². The molecule has 0 aliphatic carbocycles. The van der Waals surface area contributed by atoms with E-state index < -0.39 is 0 Å². The predicted octanol–water partition coefficient (Wildman–Crippen LogP) is 1.06. The Hall–Kier alpha value is -2.77. The second-order valence-corrected chi connectivity index (χ2v) is 6.11. The van der Waals surface area contributed by atoms with Crippen molar-refractivity contribution in [1.82, 2.24) is 29.7 Å². The zero-order chi connectivity index (χ0) is 17.6. The Kier molecular flexibility index (Phi) is 5.37. The molecule has 0 spiro atoms. The summed E-state index contributed by atoms with van der Waals surface area (Å²) < 4.78 is 1.90. The van der Waals surface area contributed by atoms with Gasteiger partial charge in [-0.15, -0.1) is 0 Å². The molecule has 0 unspecified atom stereocenters. The lowest BCUT2D eigenvalue weighted by molar-refractivity contribution is -0.132. The highest BCUT2D eigenvalue weighted by molar-refractivity contribution is 5.76. The van der Waals surface area contributed by atoms with Gasteiger partial charge in [-0.05, 0) is 18.9 Å². The van der Waals surface area contributed by atoms with Gasteiger partial charge in [-0.3, -0.25) is 9.59 Å². The molecule has 0 saturated carbocycles. The molecule has 3 rings (SSSR count). The standard InChI is InChI=1S/C17H22N6O2/c1-13(24)20-11-14-4-6-19-17(21-14)15-3-2-8-23(15)16(25)5-9-22-10-7-18-12-22/h4,6-7,10,12,15H,2-3,5,8-9,11H2,1H3,(H,20,24)/t15-/m0/s1. The molecule has 8 heteroatoms. The highest BCUT2D eigenvalue weighted by atomic mass is 16.2. The lowest BCUT2D eigenvalue weighted by atomic mass is 10.2. The van der Waals surface area contributed by atoms with E-state index in [9.17, 15) is 9.59 Å². The first kappa shape index (κ1) is 17.1. The van der Waals surface area contributed by atoms with Crippen LogP contribution in [0.1, 0.15) is 43.7 Å². The summed E-state index contributed by atoms with van der Waals surface area (Å²) in [6, 6.07) is 1.69. The van der Waals surface area contributed by atoms with Crippen molar-refractivity contribution >= 4 is 11.8 Å². The molecule has 1 aliphatic rings. The van der Waals surface area contributed by atoms with E-state index >= 15 is 0 Å². The molecule has 25 heavy (non-hydrogen) atoms. The maximum atomic E-state index is 12.6. The molecule has 8 nitrogen and oxygen atoms in total. The van der Waals surface area contributed by atoms with Crippen LogP contribution >= 0.6 is 0 Å². The van der Waals surface area contributed by atoms with Gasteiger partial charge in [-0.2, -0.15) is 0 Å². The largest absolute Gasteiger partial charge is 0.351 e. The van der Waals surface area contributed by atoms with Gasteiger partial charge in [0.1, 0.15) is 0 Å². The van der Waals surface area contributed by atoms with Crippen LogP contribution in [0, 0.1) is 0 Å². The van der Waals surface area contributed by atoms with Crippen LogP contribution in [-0.2, 0) is 22.7 Å². The molecule has 1 atom stereocenters. The van der Waals surface area contributed by atoms with E-state index in [1.54, 1.807) is 24.8 Å². The van der Waals surface area contributed by atoms with Gasteiger partial charge in [-0.1, -0.05) is 0 Å². The summed E-state index contributed by atoms with van der Waals surface area (Å²) in [4.78, 5) is 38.4. The number of hydrogen-bond acceptors (Lipinski definition) is 5. The number of nitrogens with zero attached hydrogens (tertiary/aromatic N) is 5. The lowest BCUT2D eigenvalue weighted by Gasteiger charge is -2.24. The Balaban J connectivity index is 1.65. The summed E-state index contributed by atoms with van der Waals surface area (Å²) >= 11 is 0. The molecule has 0 aromatic carbocycles. The monoisotopic (exact) mass is 342 g/mol. The van der Waals surface area contributed by atoms with Crippen molar-refractivity contribution in [1.29, 1.82) is 0 Å². The Morgan fingerprint density at radius 2 is 2.24 bits per heavy atom. The van der Waals surface area contributed by atoms with Crippen LogP contribution in [0.25, 0.3) is 0 Å². The van der Waals surface area contributed by atoms with Gasteiger partial charge < -0.3 is 14.8 Å². The van der Waals surface area contributed by atoms with Gasteiger partial charge in [0, 0.05) is 45.0 Å². The van der Waals surface area contributed by atoms with Crippen molar-refractivity contribution in [3.63, 3.8) is 0 Å². The lowest BCUT2D eigenvalue weighted by Crippen LogP contribution is -2.32. The van der Waals surface area contributed by atoms with Crippen molar-refractivity contribution in [2.75, 3.05) is 6.54 Å². The summed E-state index contributed by atoms with van der Waals surface area (Å²) in [5, 5.41) is 2.73. The number of aryl methyl sites for hydroxylation is 1. The molecule has 132 valence electrons. The third kappa shape index (κ3) is 4.40. The smallest absolute Gasteiger partial charge is 0.224 e. The van der Waals surface area contributed by atoms with Crippen molar-refractivity contribution in [2.24, 2.45) is 0 Å². The van der Waals surface area contributed by atoms with E-state index in [4.69, 9.17) is 0 Å². The summed E-state index contributed by atoms with van der Waals surface area (Å²) in [6.45, 7) is 3.18. The minimum Gasteiger partial charge on any atom is -0.351 e. The summed E-state index contributed by atoms with van der Waals surface area (Å²) in [6.07, 6.45) is 9.19. The van der Waals surface area contributed by atoms with Gasteiger partial charge in [0.05, 0.1) is 24.6 Å². The third-order valence-corrected chi connectivity index (χ3v) is 4.26. The molecule has 0 bridgehead atoms.